The van der Waals surface area contributed by atoms with Crippen molar-refractivity contribution in [1.29, 1.82) is 0 Å². The normalized spacial score (nSPS) is 13.4. The van der Waals surface area contributed by atoms with E-state index in [9.17, 15) is 42.9 Å². The molecule has 248 valence electrons. The molecule has 9 nitrogen and oxygen atoms in total. The number of carbonyl (C=O) groups excluding carboxylic acids is 1. The number of aliphatic hydroxyl groups is 1. The number of aromatic hydroxyl groups is 1. The minimum atomic E-state index is -4.67. The predicted molar refractivity (Wildman–Crippen MR) is 168 cm³/mol. The van der Waals surface area contributed by atoms with Crippen LogP contribution >= 0.6 is 11.8 Å². The monoisotopic (exact) mass is 672 g/mol. The number of rotatable bonds is 14. The van der Waals surface area contributed by atoms with Crippen LogP contribution in [0.1, 0.15) is 70.6 Å². The molecule has 2 aromatic carbocycles. The fourth-order valence-electron chi connectivity index (χ4n) is 4.61. The molecule has 0 aliphatic heterocycles. The van der Waals surface area contributed by atoms with Crippen molar-refractivity contribution in [1.82, 2.24) is 0 Å². The molecular formula is C34H31F3O9S. The van der Waals surface area contributed by atoms with Gasteiger partial charge in [-0.2, -0.15) is 13.2 Å². The fraction of sp³-hybridized carbons (Fsp3) is 0.265. The van der Waals surface area contributed by atoms with Gasteiger partial charge in [0.25, 0.3) is 0 Å². The topological polar surface area (TPSA) is 147 Å². The number of ether oxygens (including phenoxy) is 1. The van der Waals surface area contributed by atoms with Gasteiger partial charge in [-0.05, 0) is 56.2 Å². The molecule has 0 aliphatic rings. The Hall–Kier alpha value is -4.75. The SMILES string of the molecule is CCCc1c(OCC/C=C\C=C\[C@H](Sc2ccc3c(=O)cc(C(=O)O)oc3c2)[C@H](O)c2cc(C(F)(F)F)co2)ccc(C(C)=O)c1O. The van der Waals surface area contributed by atoms with Crippen LogP contribution in [-0.2, 0) is 12.6 Å². The number of Topliss-reactive ketones (excluding diaryl/α,β-unsaturated/α-hetero) is 1. The number of carbonyl (C=O) groups is 2. The molecule has 13 heteroatoms. The quantitative estimate of drug-likeness (QED) is 0.0526. The Kier molecular flexibility index (Phi) is 11.4. The first-order chi connectivity index (χ1) is 22.3. The maximum atomic E-state index is 13.2. The van der Waals surface area contributed by atoms with Crippen LogP contribution in [0.2, 0.25) is 0 Å². The number of carboxylic acid groups (broad SMARTS) is 1. The van der Waals surface area contributed by atoms with Gasteiger partial charge < -0.3 is 28.9 Å². The van der Waals surface area contributed by atoms with Gasteiger partial charge in [-0.15, -0.1) is 11.8 Å². The van der Waals surface area contributed by atoms with Crippen LogP contribution in [0.5, 0.6) is 11.5 Å². The molecule has 0 saturated carbocycles. The van der Waals surface area contributed by atoms with Gasteiger partial charge in [0.1, 0.15) is 35.2 Å². The summed E-state index contributed by atoms with van der Waals surface area (Å²) in [7, 11) is 0. The van der Waals surface area contributed by atoms with Crippen LogP contribution in [0.4, 0.5) is 13.2 Å². The van der Waals surface area contributed by atoms with Crippen molar-refractivity contribution in [3.05, 3.63) is 111 Å². The Labute approximate surface area is 271 Å². The number of phenols is 1. The highest BCUT2D eigenvalue weighted by Crippen LogP contribution is 2.38. The lowest BCUT2D eigenvalue weighted by Crippen LogP contribution is -2.12. The van der Waals surface area contributed by atoms with Crippen LogP contribution in [0, 0.1) is 0 Å². The molecule has 0 spiro atoms. The van der Waals surface area contributed by atoms with E-state index in [4.69, 9.17) is 13.6 Å². The van der Waals surface area contributed by atoms with Crippen molar-refractivity contribution >= 4 is 34.5 Å². The second-order valence-electron chi connectivity index (χ2n) is 10.4. The smallest absolute Gasteiger partial charge is 0.419 e. The van der Waals surface area contributed by atoms with E-state index in [1.807, 2.05) is 6.92 Å². The fourth-order valence-corrected chi connectivity index (χ4v) is 5.68. The van der Waals surface area contributed by atoms with Gasteiger partial charge in [0.05, 0.1) is 28.4 Å². The molecule has 2 aromatic heterocycles. The summed E-state index contributed by atoms with van der Waals surface area (Å²) in [5, 5.41) is 30.0. The predicted octanol–water partition coefficient (Wildman–Crippen LogP) is 7.74. The maximum Gasteiger partial charge on any atom is 0.419 e. The molecule has 0 aliphatic carbocycles. The lowest BCUT2D eigenvalue weighted by Gasteiger charge is -2.18. The van der Waals surface area contributed by atoms with E-state index in [0.717, 1.165) is 24.2 Å². The number of allylic oxidation sites excluding steroid dienone is 2. The summed E-state index contributed by atoms with van der Waals surface area (Å²) in [4.78, 5) is 35.9. The number of phenolic OH excluding ortho intramolecular Hbond substituents is 1. The molecular weight excluding hydrogens is 641 g/mol. The molecule has 2 atom stereocenters. The number of ketones is 1. The third-order valence-corrected chi connectivity index (χ3v) is 8.16. The van der Waals surface area contributed by atoms with Crippen LogP contribution in [0.3, 0.4) is 0 Å². The van der Waals surface area contributed by atoms with Crippen LogP contribution in [0.25, 0.3) is 11.0 Å². The van der Waals surface area contributed by atoms with Gasteiger partial charge in [-0.1, -0.05) is 37.6 Å². The molecule has 4 aromatic rings. The van der Waals surface area contributed by atoms with Crippen LogP contribution in [0.15, 0.2) is 91.6 Å². The van der Waals surface area contributed by atoms with Gasteiger partial charge >= 0.3 is 12.1 Å². The van der Waals surface area contributed by atoms with Crippen molar-refractivity contribution in [2.75, 3.05) is 6.61 Å². The van der Waals surface area contributed by atoms with E-state index < -0.39 is 40.3 Å². The highest BCUT2D eigenvalue weighted by molar-refractivity contribution is 8.00. The van der Waals surface area contributed by atoms with Crippen LogP contribution < -0.4 is 10.2 Å². The zero-order chi connectivity index (χ0) is 34.3. The Morgan fingerprint density at radius 3 is 2.53 bits per heavy atom. The van der Waals surface area contributed by atoms with Gasteiger partial charge in [-0.3, -0.25) is 9.59 Å². The maximum absolute atomic E-state index is 13.2. The lowest BCUT2D eigenvalue weighted by molar-refractivity contribution is -0.137. The van der Waals surface area contributed by atoms with Gasteiger partial charge in [0.2, 0.25) is 5.76 Å². The molecule has 2 heterocycles. The van der Waals surface area contributed by atoms with E-state index in [1.165, 1.54) is 25.1 Å². The molecule has 0 radical (unpaired) electrons. The summed E-state index contributed by atoms with van der Waals surface area (Å²) in [6.45, 7) is 3.56. The second-order valence-corrected chi connectivity index (χ2v) is 11.6. The first-order valence-electron chi connectivity index (χ1n) is 14.4. The van der Waals surface area contributed by atoms with Crippen molar-refractivity contribution < 1.29 is 51.7 Å². The first kappa shape index (κ1) is 35.1. The number of carboxylic acids is 1. The van der Waals surface area contributed by atoms with Crippen molar-refractivity contribution in [2.45, 2.75) is 55.5 Å². The van der Waals surface area contributed by atoms with Gasteiger partial charge in [0.15, 0.2) is 11.2 Å². The number of halogens is 3. The largest absolute Gasteiger partial charge is 0.507 e. The zero-order valence-electron chi connectivity index (χ0n) is 25.2. The molecule has 4 rings (SSSR count). The van der Waals surface area contributed by atoms with Gasteiger partial charge in [-0.25, -0.2) is 4.79 Å². The van der Waals surface area contributed by atoms with E-state index in [0.29, 0.717) is 41.4 Å². The Morgan fingerprint density at radius 2 is 1.87 bits per heavy atom. The highest BCUT2D eigenvalue weighted by Gasteiger charge is 2.34. The first-order valence-corrected chi connectivity index (χ1v) is 15.3. The van der Waals surface area contributed by atoms with E-state index >= 15 is 0 Å². The lowest BCUT2D eigenvalue weighted by atomic mass is 10.0. The average molecular weight is 673 g/mol. The summed E-state index contributed by atoms with van der Waals surface area (Å²) in [6, 6.07) is 9.11. The van der Waals surface area contributed by atoms with Crippen LogP contribution in [-0.4, -0.2) is 38.9 Å². The molecule has 0 fully saturated rings. The zero-order valence-corrected chi connectivity index (χ0v) is 26.1. The molecule has 47 heavy (non-hydrogen) atoms. The summed E-state index contributed by atoms with van der Waals surface area (Å²) >= 11 is 1.03. The minimum absolute atomic E-state index is 0.0132. The van der Waals surface area contributed by atoms with Gasteiger partial charge in [0, 0.05) is 16.5 Å². The second kappa shape index (κ2) is 15.2. The number of benzene rings is 2. The molecule has 3 N–H and O–H groups in total. The minimum Gasteiger partial charge on any atom is -0.507 e. The van der Waals surface area contributed by atoms with E-state index in [2.05, 4.69) is 0 Å². The standard InChI is InChI=1S/C34H31F3O9S/c1-3-8-24-26(13-12-22(19(2)38)31(24)40)44-14-7-5-4-6-9-30(32(41)28-15-20(18-45-28)34(35,36)37)47-21-10-11-23-25(39)17-29(33(42)43)46-27(23)16-21/h4-6,9-13,15-18,30,32,40-41H,3,7-8,14H2,1-2H3,(H,42,43)/b5-4-,9-6+/t30-,32+/m0/s1. The van der Waals surface area contributed by atoms with Crippen molar-refractivity contribution in [2.24, 2.45) is 0 Å². The summed E-state index contributed by atoms with van der Waals surface area (Å²) in [5.41, 5.74) is -0.855. The Bertz CT molecular complexity index is 1870. The van der Waals surface area contributed by atoms with E-state index in [1.54, 1.807) is 36.4 Å². The highest BCUT2D eigenvalue weighted by atomic mass is 32.2. The third kappa shape index (κ3) is 8.74. The third-order valence-electron chi connectivity index (χ3n) is 6.94. The Morgan fingerprint density at radius 1 is 1.11 bits per heavy atom. The number of aliphatic hydroxyl groups excluding tert-OH is 1. The average Bonchev–Trinajstić information content (AvgIpc) is 3.52. The summed E-state index contributed by atoms with van der Waals surface area (Å²) in [6.07, 6.45) is 2.57. The number of hydrogen-bond acceptors (Lipinski definition) is 9. The molecule has 0 amide bonds. The number of alkyl halides is 3. The summed E-state index contributed by atoms with van der Waals surface area (Å²) < 4.78 is 55.8. The Balaban J connectivity index is 1.51. The van der Waals surface area contributed by atoms with E-state index in [-0.39, 0.29) is 40.4 Å². The van der Waals surface area contributed by atoms with Crippen molar-refractivity contribution in [3.63, 3.8) is 0 Å². The number of thioether (sulfide) groups is 1. The molecule has 0 saturated heterocycles. The number of aromatic carboxylic acids is 1. The number of fused-ring (bicyclic) bond motifs is 1. The molecule has 0 bridgehead atoms. The number of furan rings is 1. The molecule has 0 unspecified atom stereocenters. The summed E-state index contributed by atoms with van der Waals surface area (Å²) in [5.74, 6) is -2.19. The number of hydrogen-bond donors (Lipinski definition) is 3. The van der Waals surface area contributed by atoms with Crippen molar-refractivity contribution in [3.8, 4) is 11.5 Å².